The van der Waals surface area contributed by atoms with Gasteiger partial charge in [-0.2, -0.15) is 0 Å². The summed E-state index contributed by atoms with van der Waals surface area (Å²) >= 11 is 25.2. The van der Waals surface area contributed by atoms with Gasteiger partial charge in [-0.05, 0) is 83.0 Å². The van der Waals surface area contributed by atoms with Gasteiger partial charge in [0, 0.05) is 0 Å². The summed E-state index contributed by atoms with van der Waals surface area (Å²) in [7, 11) is 0. The predicted molar refractivity (Wildman–Crippen MR) is 158 cm³/mol. The lowest BCUT2D eigenvalue weighted by molar-refractivity contribution is 0.0818. The number of nitrogens with one attached hydrogen (secondary N) is 2. The number of rotatable bonds is 0. The molecule has 5 aliphatic rings. The van der Waals surface area contributed by atoms with E-state index in [1.165, 1.54) is 11.1 Å². The Morgan fingerprint density at radius 1 is 0.605 bits per heavy atom. The zero-order valence-electron chi connectivity index (χ0n) is 20.6. The average Bonchev–Trinajstić information content (AvgIpc) is 2.88. The van der Waals surface area contributed by atoms with Crippen LogP contribution >= 0.6 is 46.4 Å². The van der Waals surface area contributed by atoms with Crippen molar-refractivity contribution in [3.63, 3.8) is 0 Å². The van der Waals surface area contributed by atoms with Gasteiger partial charge in [-0.3, -0.25) is 0 Å². The van der Waals surface area contributed by atoms with Crippen LogP contribution in [0, 0.1) is 11.8 Å². The fourth-order valence-electron chi connectivity index (χ4n) is 7.31. The Labute approximate surface area is 240 Å². The second kappa shape index (κ2) is 7.57. The molecule has 4 aromatic rings. The van der Waals surface area contributed by atoms with Crippen molar-refractivity contribution in [2.24, 2.45) is 11.8 Å². The zero-order chi connectivity index (χ0) is 26.1. The van der Waals surface area contributed by atoms with E-state index in [1.807, 2.05) is 12.1 Å². The summed E-state index contributed by atoms with van der Waals surface area (Å²) in [5, 5.41) is 9.28. The van der Waals surface area contributed by atoms with E-state index in [0.717, 1.165) is 57.7 Å². The van der Waals surface area contributed by atoms with Gasteiger partial charge in [0.05, 0.1) is 64.9 Å². The first-order valence-corrected chi connectivity index (χ1v) is 14.2. The molecule has 4 atom stereocenters. The quantitative estimate of drug-likeness (QED) is 0.204. The van der Waals surface area contributed by atoms with Gasteiger partial charge >= 0.3 is 0 Å². The van der Waals surface area contributed by atoms with Gasteiger partial charge in [-0.15, -0.1) is 0 Å². The minimum atomic E-state index is -0.0329. The second-order valence-electron chi connectivity index (χ2n) is 11.5. The molecule has 8 heteroatoms. The third-order valence-electron chi connectivity index (χ3n) is 9.45. The molecule has 0 saturated heterocycles. The fourth-order valence-corrected chi connectivity index (χ4v) is 7.96. The van der Waals surface area contributed by atoms with Crippen LogP contribution in [0.3, 0.4) is 0 Å². The highest BCUT2D eigenvalue weighted by atomic mass is 35.5. The summed E-state index contributed by atoms with van der Waals surface area (Å²) in [6, 6.07) is 11.9. The third-order valence-corrected chi connectivity index (χ3v) is 10.9. The lowest BCUT2D eigenvalue weighted by atomic mass is 9.43. The van der Waals surface area contributed by atoms with Crippen molar-refractivity contribution in [3.8, 4) is 0 Å². The van der Waals surface area contributed by atoms with Gasteiger partial charge in [-0.25, -0.2) is 9.97 Å². The molecule has 1 aliphatic heterocycles. The lowest BCUT2D eigenvalue weighted by Gasteiger charge is -2.61. The Morgan fingerprint density at radius 3 is 1.39 bits per heavy atom. The van der Waals surface area contributed by atoms with Crippen molar-refractivity contribution in [1.82, 2.24) is 9.97 Å². The van der Waals surface area contributed by atoms with Crippen LogP contribution in [0.25, 0.3) is 22.1 Å². The number of benzene rings is 3. The van der Waals surface area contributed by atoms with Crippen molar-refractivity contribution < 1.29 is 0 Å². The first-order chi connectivity index (χ1) is 18.1. The van der Waals surface area contributed by atoms with Crippen LogP contribution in [-0.2, 0) is 10.8 Å². The van der Waals surface area contributed by atoms with Gasteiger partial charge < -0.3 is 10.6 Å². The number of hydrogen-bond donors (Lipinski definition) is 2. The summed E-state index contributed by atoms with van der Waals surface area (Å²) in [5.41, 5.74) is 10.0. The van der Waals surface area contributed by atoms with Gasteiger partial charge in [-0.1, -0.05) is 72.4 Å². The molecule has 3 aromatic carbocycles. The fraction of sp³-hybridized carbons (Fsp3) is 0.267. The SMILES string of the molecule is CC12CCC(C)(c3cc4nc5cc(Cl)c(Cl)cc5nc4cc31)C1C=C3Nc4cc(Cl)c(Cl)cc4NC3=CC12. The Morgan fingerprint density at radius 2 is 0.974 bits per heavy atom. The van der Waals surface area contributed by atoms with E-state index in [1.54, 1.807) is 12.1 Å². The molecule has 2 heterocycles. The standard InChI is InChI=1S/C30H22Cl4N4/c1-29-3-4-30(2,15-7-23-21(5-13(15)29)35-25-9-17(31)19(33)11-27(25)37-23)16-8-24-22(6-14(16)29)36-26-10-18(32)20(34)12-28(26)38-24/h5-13,15,35,37H,3-4H2,1-2H3. The molecule has 38 heavy (non-hydrogen) atoms. The molecule has 1 aromatic heterocycles. The second-order valence-corrected chi connectivity index (χ2v) is 13.1. The van der Waals surface area contributed by atoms with E-state index in [9.17, 15) is 0 Å². The van der Waals surface area contributed by atoms with Crippen LogP contribution in [0.1, 0.15) is 37.8 Å². The number of halogens is 4. The molecular formula is C30H22Cl4N4. The van der Waals surface area contributed by atoms with Crippen molar-refractivity contribution in [2.45, 2.75) is 37.5 Å². The predicted octanol–water partition coefficient (Wildman–Crippen LogP) is 9.27. The molecule has 0 spiro atoms. The molecule has 1 saturated carbocycles. The van der Waals surface area contributed by atoms with Gasteiger partial charge in [0.1, 0.15) is 0 Å². The number of fused-ring (bicyclic) bond motifs is 5. The molecule has 4 aliphatic carbocycles. The summed E-state index contributed by atoms with van der Waals surface area (Å²) in [4.78, 5) is 9.91. The Bertz CT molecular complexity index is 1700. The van der Waals surface area contributed by atoms with Crippen LogP contribution in [0.5, 0.6) is 0 Å². The van der Waals surface area contributed by atoms with E-state index in [0.29, 0.717) is 31.9 Å². The topological polar surface area (TPSA) is 49.8 Å². The van der Waals surface area contributed by atoms with Gasteiger partial charge in [0.2, 0.25) is 0 Å². The van der Waals surface area contributed by atoms with Crippen molar-refractivity contribution in [1.29, 1.82) is 0 Å². The molecule has 4 nitrogen and oxygen atoms in total. The number of anilines is 2. The molecular weight excluding hydrogens is 558 g/mol. The van der Waals surface area contributed by atoms with Crippen LogP contribution in [-0.4, -0.2) is 9.97 Å². The largest absolute Gasteiger partial charge is 0.352 e. The molecule has 1 fully saturated rings. The van der Waals surface area contributed by atoms with E-state index in [2.05, 4.69) is 48.8 Å². The molecule has 4 unspecified atom stereocenters. The van der Waals surface area contributed by atoms with Crippen molar-refractivity contribution in [3.05, 3.63) is 91.2 Å². The van der Waals surface area contributed by atoms with Crippen LogP contribution in [0.2, 0.25) is 20.1 Å². The highest BCUT2D eigenvalue weighted by Gasteiger charge is 2.59. The molecule has 2 N–H and O–H groups in total. The van der Waals surface area contributed by atoms with Crippen LogP contribution < -0.4 is 10.6 Å². The molecule has 0 amide bonds. The van der Waals surface area contributed by atoms with Crippen LogP contribution in [0.4, 0.5) is 11.4 Å². The molecule has 0 radical (unpaired) electrons. The van der Waals surface area contributed by atoms with Crippen LogP contribution in [0.15, 0.2) is 59.9 Å². The van der Waals surface area contributed by atoms with E-state index in [4.69, 9.17) is 56.4 Å². The monoisotopic (exact) mass is 578 g/mol. The van der Waals surface area contributed by atoms with E-state index >= 15 is 0 Å². The van der Waals surface area contributed by atoms with Crippen molar-refractivity contribution >= 4 is 79.8 Å². The maximum atomic E-state index is 6.32. The summed E-state index contributed by atoms with van der Waals surface area (Å²) in [5.74, 6) is 0.676. The number of aromatic nitrogens is 2. The maximum absolute atomic E-state index is 6.32. The molecule has 9 rings (SSSR count). The summed E-state index contributed by atoms with van der Waals surface area (Å²) in [6.45, 7) is 4.83. The van der Waals surface area contributed by atoms with Crippen molar-refractivity contribution in [2.75, 3.05) is 10.6 Å². The molecule has 190 valence electrons. The van der Waals surface area contributed by atoms with E-state index < -0.39 is 0 Å². The maximum Gasteiger partial charge on any atom is 0.0910 e. The number of allylic oxidation sites excluding steroid dienone is 2. The third kappa shape index (κ3) is 3.01. The first kappa shape index (κ1) is 23.4. The zero-order valence-corrected chi connectivity index (χ0v) is 23.6. The number of hydrogen-bond acceptors (Lipinski definition) is 4. The Balaban J connectivity index is 1.31. The van der Waals surface area contributed by atoms with Gasteiger partial charge in [0.15, 0.2) is 0 Å². The highest BCUT2D eigenvalue weighted by Crippen LogP contribution is 2.64. The smallest absolute Gasteiger partial charge is 0.0910 e. The normalized spacial score (nSPS) is 28.5. The molecule has 2 bridgehead atoms. The summed E-state index contributed by atoms with van der Waals surface area (Å²) < 4.78 is 0. The highest BCUT2D eigenvalue weighted by molar-refractivity contribution is 6.43. The minimum Gasteiger partial charge on any atom is -0.352 e. The summed E-state index contributed by atoms with van der Waals surface area (Å²) in [6.07, 6.45) is 7.09. The number of nitrogens with zero attached hydrogens (tertiary/aromatic N) is 2. The van der Waals surface area contributed by atoms with E-state index in [-0.39, 0.29) is 10.8 Å². The average molecular weight is 580 g/mol. The van der Waals surface area contributed by atoms with Gasteiger partial charge in [0.25, 0.3) is 0 Å². The Hall–Kier alpha value is -2.50. The lowest BCUT2D eigenvalue weighted by Crippen LogP contribution is -2.56. The first-order valence-electron chi connectivity index (χ1n) is 12.7. The minimum absolute atomic E-state index is 0.0329. The Kier molecular flexibility index (Phi) is 4.66.